The van der Waals surface area contributed by atoms with Crippen LogP contribution in [-0.2, 0) is 0 Å². The number of hydrogen-bond donors (Lipinski definition) is 1. The Morgan fingerprint density at radius 3 is 2.46 bits per heavy atom. The number of benzene rings is 3. The van der Waals surface area contributed by atoms with E-state index in [9.17, 15) is 4.79 Å². The minimum absolute atomic E-state index is 0.126. The fraction of sp³-hybridized carbons (Fsp3) is 0.174. The predicted molar refractivity (Wildman–Crippen MR) is 106 cm³/mol. The van der Waals surface area contributed by atoms with Crippen LogP contribution in [0.1, 0.15) is 34.5 Å². The third-order valence-corrected chi connectivity index (χ3v) is 4.57. The molecule has 1 aliphatic heterocycles. The molecule has 5 heteroatoms. The topological polar surface area (TPSA) is 56.8 Å². The van der Waals surface area contributed by atoms with Crippen LogP contribution in [0.2, 0.25) is 0 Å². The van der Waals surface area contributed by atoms with Crippen molar-refractivity contribution in [2.75, 3.05) is 13.4 Å². The first kappa shape index (κ1) is 17.9. The second-order valence-corrected chi connectivity index (χ2v) is 6.36. The van der Waals surface area contributed by atoms with Crippen molar-refractivity contribution in [1.82, 2.24) is 5.32 Å². The van der Waals surface area contributed by atoms with Gasteiger partial charge >= 0.3 is 0 Å². The average molecular weight is 375 g/mol. The number of carbonyl (C=O) groups excluding carboxylic acids is 1. The Labute approximate surface area is 163 Å². The van der Waals surface area contributed by atoms with Gasteiger partial charge in [0.25, 0.3) is 5.91 Å². The van der Waals surface area contributed by atoms with Gasteiger partial charge in [-0.05, 0) is 42.3 Å². The lowest BCUT2D eigenvalue weighted by Gasteiger charge is -2.20. The van der Waals surface area contributed by atoms with Gasteiger partial charge in [0.05, 0.1) is 18.2 Å². The zero-order chi connectivity index (χ0) is 19.3. The zero-order valence-electron chi connectivity index (χ0n) is 15.6. The molecular weight excluding hydrogens is 354 g/mol. The maximum Gasteiger partial charge on any atom is 0.255 e. The van der Waals surface area contributed by atoms with Gasteiger partial charge in [-0.1, -0.05) is 48.5 Å². The molecule has 0 radical (unpaired) electrons. The minimum atomic E-state index is -0.303. The van der Waals surface area contributed by atoms with E-state index < -0.39 is 0 Å². The Morgan fingerprint density at radius 2 is 1.71 bits per heavy atom. The molecule has 1 heterocycles. The summed E-state index contributed by atoms with van der Waals surface area (Å²) in [6.07, 6.45) is 0. The second-order valence-electron chi connectivity index (χ2n) is 6.36. The Bertz CT molecular complexity index is 954. The van der Waals surface area contributed by atoms with Crippen molar-refractivity contribution < 1.29 is 19.0 Å². The third-order valence-electron chi connectivity index (χ3n) is 4.57. The number of ether oxygens (including phenoxy) is 3. The van der Waals surface area contributed by atoms with Crippen LogP contribution in [-0.4, -0.2) is 19.3 Å². The summed E-state index contributed by atoms with van der Waals surface area (Å²) in [5, 5.41) is 3.13. The van der Waals surface area contributed by atoms with Crippen molar-refractivity contribution in [1.29, 1.82) is 0 Å². The van der Waals surface area contributed by atoms with E-state index in [0.29, 0.717) is 23.7 Å². The molecular formula is C23H21NO4. The highest BCUT2D eigenvalue weighted by Gasteiger charge is 2.24. The van der Waals surface area contributed by atoms with Crippen LogP contribution in [0.3, 0.4) is 0 Å². The molecule has 0 bridgehead atoms. The van der Waals surface area contributed by atoms with E-state index in [1.54, 1.807) is 18.2 Å². The molecule has 1 atom stereocenters. The maximum absolute atomic E-state index is 13.1. The SMILES string of the molecule is CCOc1ccc(C(NC(=O)c2cccc3c2OCO3)c2ccccc2)cc1. The lowest BCUT2D eigenvalue weighted by molar-refractivity contribution is 0.0938. The first-order valence-electron chi connectivity index (χ1n) is 9.23. The molecule has 1 unspecified atom stereocenters. The predicted octanol–water partition coefficient (Wildman–Crippen LogP) is 4.33. The van der Waals surface area contributed by atoms with E-state index in [0.717, 1.165) is 16.9 Å². The van der Waals surface area contributed by atoms with Crippen molar-refractivity contribution >= 4 is 5.91 Å². The molecule has 142 valence electrons. The molecule has 1 aliphatic rings. The highest BCUT2D eigenvalue weighted by molar-refractivity contribution is 5.98. The van der Waals surface area contributed by atoms with Crippen LogP contribution in [0.5, 0.6) is 17.2 Å². The van der Waals surface area contributed by atoms with E-state index in [2.05, 4.69) is 5.32 Å². The van der Waals surface area contributed by atoms with E-state index in [1.165, 1.54) is 0 Å². The van der Waals surface area contributed by atoms with Gasteiger partial charge in [-0.2, -0.15) is 0 Å². The number of nitrogens with one attached hydrogen (secondary N) is 1. The lowest BCUT2D eigenvalue weighted by atomic mass is 9.98. The zero-order valence-corrected chi connectivity index (χ0v) is 15.6. The molecule has 1 amide bonds. The summed E-state index contributed by atoms with van der Waals surface area (Å²) in [5.41, 5.74) is 2.42. The van der Waals surface area contributed by atoms with Gasteiger partial charge in [0.1, 0.15) is 5.75 Å². The van der Waals surface area contributed by atoms with Crippen LogP contribution < -0.4 is 19.5 Å². The van der Waals surface area contributed by atoms with E-state index in [-0.39, 0.29) is 18.7 Å². The Morgan fingerprint density at radius 1 is 0.964 bits per heavy atom. The summed E-state index contributed by atoms with van der Waals surface area (Å²) in [4.78, 5) is 13.1. The van der Waals surface area contributed by atoms with Crippen LogP contribution in [0.4, 0.5) is 0 Å². The van der Waals surface area contributed by atoms with Crippen molar-refractivity contribution in [3.63, 3.8) is 0 Å². The average Bonchev–Trinajstić information content (AvgIpc) is 3.22. The maximum atomic E-state index is 13.1. The molecule has 4 rings (SSSR count). The van der Waals surface area contributed by atoms with Crippen molar-refractivity contribution in [3.05, 3.63) is 89.5 Å². The Hall–Kier alpha value is -3.47. The number of para-hydroxylation sites is 1. The van der Waals surface area contributed by atoms with Crippen molar-refractivity contribution in [3.8, 4) is 17.2 Å². The highest BCUT2D eigenvalue weighted by Crippen LogP contribution is 2.36. The Balaban J connectivity index is 1.65. The van der Waals surface area contributed by atoms with E-state index in [4.69, 9.17) is 14.2 Å². The molecule has 0 aliphatic carbocycles. The standard InChI is InChI=1S/C23H21NO4/c1-2-26-18-13-11-17(12-14-18)21(16-7-4-3-5-8-16)24-23(25)19-9-6-10-20-22(19)28-15-27-20/h3-14,21H,2,15H2,1H3,(H,24,25). The molecule has 0 aromatic heterocycles. The number of fused-ring (bicyclic) bond motifs is 1. The summed E-state index contributed by atoms with van der Waals surface area (Å²) in [6.45, 7) is 2.69. The van der Waals surface area contributed by atoms with Crippen LogP contribution in [0, 0.1) is 0 Å². The van der Waals surface area contributed by atoms with E-state index >= 15 is 0 Å². The monoisotopic (exact) mass is 375 g/mol. The Kier molecular flexibility index (Phi) is 5.15. The number of carbonyl (C=O) groups is 1. The fourth-order valence-electron chi connectivity index (χ4n) is 3.25. The van der Waals surface area contributed by atoms with Gasteiger partial charge in [0, 0.05) is 0 Å². The quantitative estimate of drug-likeness (QED) is 0.697. The summed E-state index contributed by atoms with van der Waals surface area (Å²) in [6, 6.07) is 22.7. The lowest BCUT2D eigenvalue weighted by Crippen LogP contribution is -2.29. The number of hydrogen-bond acceptors (Lipinski definition) is 4. The third kappa shape index (κ3) is 3.64. The van der Waals surface area contributed by atoms with Gasteiger partial charge in [-0.25, -0.2) is 0 Å². The molecule has 0 saturated carbocycles. The van der Waals surface area contributed by atoms with Gasteiger partial charge in [-0.15, -0.1) is 0 Å². The summed E-state index contributed by atoms with van der Waals surface area (Å²) in [5.74, 6) is 1.66. The normalized spacial score (nSPS) is 13.0. The number of rotatable bonds is 6. The van der Waals surface area contributed by atoms with Crippen LogP contribution in [0.15, 0.2) is 72.8 Å². The summed E-state index contributed by atoms with van der Waals surface area (Å²) < 4.78 is 16.4. The van der Waals surface area contributed by atoms with Gasteiger partial charge in [0.15, 0.2) is 11.5 Å². The molecule has 0 spiro atoms. The van der Waals surface area contributed by atoms with Gasteiger partial charge in [0.2, 0.25) is 6.79 Å². The molecule has 3 aromatic carbocycles. The molecule has 1 N–H and O–H groups in total. The molecule has 3 aromatic rings. The van der Waals surface area contributed by atoms with Gasteiger partial charge in [-0.3, -0.25) is 4.79 Å². The van der Waals surface area contributed by atoms with Crippen LogP contribution >= 0.6 is 0 Å². The van der Waals surface area contributed by atoms with Crippen molar-refractivity contribution in [2.45, 2.75) is 13.0 Å². The summed E-state index contributed by atoms with van der Waals surface area (Å²) in [7, 11) is 0. The fourth-order valence-corrected chi connectivity index (χ4v) is 3.25. The smallest absolute Gasteiger partial charge is 0.255 e. The summed E-state index contributed by atoms with van der Waals surface area (Å²) >= 11 is 0. The molecule has 28 heavy (non-hydrogen) atoms. The second kappa shape index (κ2) is 8.05. The molecule has 0 saturated heterocycles. The highest BCUT2D eigenvalue weighted by atomic mass is 16.7. The number of amides is 1. The van der Waals surface area contributed by atoms with Crippen LogP contribution in [0.25, 0.3) is 0 Å². The molecule has 0 fully saturated rings. The van der Waals surface area contributed by atoms with Gasteiger partial charge < -0.3 is 19.5 Å². The minimum Gasteiger partial charge on any atom is -0.494 e. The van der Waals surface area contributed by atoms with E-state index in [1.807, 2.05) is 61.5 Å². The molecule has 5 nitrogen and oxygen atoms in total. The first-order chi connectivity index (χ1) is 13.8. The first-order valence-corrected chi connectivity index (χ1v) is 9.23. The largest absolute Gasteiger partial charge is 0.494 e. The van der Waals surface area contributed by atoms with Crippen molar-refractivity contribution in [2.24, 2.45) is 0 Å².